The van der Waals surface area contributed by atoms with Crippen molar-refractivity contribution in [2.75, 3.05) is 6.61 Å². The molecule has 0 aromatic heterocycles. The molecule has 7 fully saturated rings. The van der Waals surface area contributed by atoms with E-state index in [9.17, 15) is 30.0 Å². The van der Waals surface area contributed by atoms with E-state index in [0.717, 1.165) is 38.5 Å². The van der Waals surface area contributed by atoms with Gasteiger partial charge in [-0.2, -0.15) is 0 Å². The summed E-state index contributed by atoms with van der Waals surface area (Å²) in [6.45, 7) is 14.2. The first-order chi connectivity index (χ1) is 20.3. The number of aliphatic hydroxyl groups excluding tert-OH is 3. The smallest absolute Gasteiger partial charge is 0.186 e. The Hall–Kier alpha value is -0.940. The lowest BCUT2D eigenvalue weighted by Gasteiger charge is -2.64. The molecule has 9 heteroatoms. The van der Waals surface area contributed by atoms with Gasteiger partial charge in [-0.15, -0.1) is 0 Å². The summed E-state index contributed by atoms with van der Waals surface area (Å²) >= 11 is 0. The zero-order valence-electron chi connectivity index (χ0n) is 27.6. The van der Waals surface area contributed by atoms with E-state index in [-0.39, 0.29) is 63.7 Å². The van der Waals surface area contributed by atoms with Crippen molar-refractivity contribution < 1.29 is 44.2 Å². The number of aliphatic hydroxyl groups is 4. The third-order valence-corrected chi connectivity index (χ3v) is 15.0. The number of ether oxygens (including phenoxy) is 3. The molecule has 2 aliphatic heterocycles. The van der Waals surface area contributed by atoms with Gasteiger partial charge < -0.3 is 34.6 Å². The van der Waals surface area contributed by atoms with Crippen LogP contribution < -0.4 is 0 Å². The summed E-state index contributed by atoms with van der Waals surface area (Å²) in [5.41, 5.74) is -2.97. The minimum absolute atomic E-state index is 0.0216. The average molecular weight is 619 g/mol. The number of fused-ring (bicyclic) bond motifs is 2. The number of carbonyl (C=O) groups excluding carboxylic acids is 2. The minimum atomic E-state index is -1.41. The average Bonchev–Trinajstić information content (AvgIpc) is 3.29. The van der Waals surface area contributed by atoms with Gasteiger partial charge in [0.15, 0.2) is 6.29 Å². The van der Waals surface area contributed by atoms with E-state index in [0.29, 0.717) is 19.3 Å². The van der Waals surface area contributed by atoms with Crippen LogP contribution in [0.1, 0.15) is 106 Å². The molecule has 2 spiro atoms. The quantitative estimate of drug-likeness (QED) is 0.349. The predicted molar refractivity (Wildman–Crippen MR) is 159 cm³/mol. The number of hydrogen-bond donors (Lipinski definition) is 4. The van der Waals surface area contributed by atoms with Crippen LogP contribution in [-0.2, 0) is 23.8 Å². The Labute approximate surface area is 261 Å². The van der Waals surface area contributed by atoms with Gasteiger partial charge in [0.1, 0.15) is 29.9 Å². The zero-order valence-corrected chi connectivity index (χ0v) is 27.6. The van der Waals surface area contributed by atoms with Crippen LogP contribution in [0.15, 0.2) is 0 Å². The number of ketones is 2. The first-order valence-corrected chi connectivity index (χ1v) is 17.0. The Balaban J connectivity index is 1.26. The molecule has 0 bridgehead atoms. The van der Waals surface area contributed by atoms with Crippen molar-refractivity contribution in [1.82, 2.24) is 0 Å². The van der Waals surface area contributed by atoms with Gasteiger partial charge >= 0.3 is 0 Å². The molecule has 2 heterocycles. The van der Waals surface area contributed by atoms with Gasteiger partial charge in [-0.3, -0.25) is 9.59 Å². The van der Waals surface area contributed by atoms with E-state index in [4.69, 9.17) is 14.2 Å². The topological polar surface area (TPSA) is 143 Å². The van der Waals surface area contributed by atoms with Crippen LogP contribution >= 0.6 is 0 Å². The molecule has 2 saturated heterocycles. The standard InChI is InChI=1S/C35H54O9/c1-29(2)22(38)8-11-35-17-34(35)13-12-31(5)26(33(7)10-9-23(44-33)30(3,4)41)18(36)15-32(31,6)21(34)14-20(27(29)35)43-28-25(40)24(39)19(37)16-42-28/h19-21,23-28,37,39-41H,8-17H2,1-7H3/t19-,20?,21+,23?,24+,25-,26+,27+,28+,31-,32+,33+,34+,35-/m1/s1. The van der Waals surface area contributed by atoms with Gasteiger partial charge in [0.25, 0.3) is 0 Å². The summed E-state index contributed by atoms with van der Waals surface area (Å²) < 4.78 is 19.1. The molecule has 7 aliphatic rings. The van der Waals surface area contributed by atoms with Crippen LogP contribution in [-0.4, -0.2) is 86.6 Å². The SMILES string of the molecule is CC(C)(O)C1CC[C@@](C)([C@H]2C(=O)C[C@@]3(C)[C@@H]4CC(O[C@@H]5OC[C@@H](O)[C@H](O)[C@H]5O)[C@H]5C(C)(C)C(=O)CC[C@@]56C[C@@]46CC[C@]23C)O1. The molecule has 0 aromatic rings. The molecule has 0 aromatic carbocycles. The Morgan fingerprint density at radius 3 is 2.27 bits per heavy atom. The first kappa shape index (κ1) is 31.6. The maximum Gasteiger partial charge on any atom is 0.186 e. The second-order valence-electron chi connectivity index (χ2n) is 17.8. The Morgan fingerprint density at radius 2 is 1.61 bits per heavy atom. The van der Waals surface area contributed by atoms with Crippen LogP contribution in [0.2, 0.25) is 0 Å². The van der Waals surface area contributed by atoms with Gasteiger partial charge in [-0.1, -0.05) is 27.7 Å². The van der Waals surface area contributed by atoms with Crippen molar-refractivity contribution in [3.63, 3.8) is 0 Å². The number of hydrogen-bond acceptors (Lipinski definition) is 9. The van der Waals surface area contributed by atoms with E-state index < -0.39 is 47.3 Å². The van der Waals surface area contributed by atoms with Crippen LogP contribution in [0.3, 0.4) is 0 Å². The van der Waals surface area contributed by atoms with Crippen molar-refractivity contribution in [2.45, 2.75) is 154 Å². The van der Waals surface area contributed by atoms with E-state index in [2.05, 4.69) is 20.8 Å². The van der Waals surface area contributed by atoms with Gasteiger partial charge in [0.05, 0.1) is 35.9 Å². The van der Waals surface area contributed by atoms with E-state index in [1.807, 2.05) is 13.8 Å². The molecule has 0 amide bonds. The Kier molecular flexibility index (Phi) is 6.73. The molecule has 7 rings (SSSR count). The molecular weight excluding hydrogens is 564 g/mol. The van der Waals surface area contributed by atoms with Gasteiger partial charge in [0.2, 0.25) is 0 Å². The summed E-state index contributed by atoms with van der Waals surface area (Å²) in [5, 5.41) is 42.2. The van der Waals surface area contributed by atoms with Crippen molar-refractivity contribution in [3.05, 3.63) is 0 Å². The van der Waals surface area contributed by atoms with Gasteiger partial charge in [0, 0.05) is 24.2 Å². The lowest BCUT2D eigenvalue weighted by molar-refractivity contribution is -0.304. The van der Waals surface area contributed by atoms with Crippen molar-refractivity contribution in [3.8, 4) is 0 Å². The monoisotopic (exact) mass is 618 g/mol. The molecule has 14 atom stereocenters. The maximum absolute atomic E-state index is 14.3. The first-order valence-electron chi connectivity index (χ1n) is 17.0. The Morgan fingerprint density at radius 1 is 0.909 bits per heavy atom. The molecule has 248 valence electrons. The zero-order chi connectivity index (χ0) is 32.0. The summed E-state index contributed by atoms with van der Waals surface area (Å²) in [6, 6.07) is 0. The highest BCUT2D eigenvalue weighted by Gasteiger charge is 2.85. The second-order valence-corrected chi connectivity index (χ2v) is 17.8. The van der Waals surface area contributed by atoms with E-state index >= 15 is 0 Å². The highest BCUT2D eigenvalue weighted by molar-refractivity contribution is 5.88. The fraction of sp³-hybridized carbons (Fsp3) is 0.943. The predicted octanol–water partition coefficient (Wildman–Crippen LogP) is 3.32. The van der Waals surface area contributed by atoms with Crippen LogP contribution in [0.25, 0.3) is 0 Å². The van der Waals surface area contributed by atoms with Gasteiger partial charge in [-0.25, -0.2) is 0 Å². The third-order valence-electron chi connectivity index (χ3n) is 15.0. The molecule has 4 N–H and O–H groups in total. The molecule has 44 heavy (non-hydrogen) atoms. The van der Waals surface area contributed by atoms with Gasteiger partial charge in [-0.05, 0) is 93.3 Å². The lowest BCUT2D eigenvalue weighted by Crippen LogP contribution is -2.63. The maximum atomic E-state index is 14.3. The van der Waals surface area contributed by atoms with Crippen LogP contribution in [0.5, 0.6) is 0 Å². The van der Waals surface area contributed by atoms with E-state index in [1.54, 1.807) is 13.8 Å². The van der Waals surface area contributed by atoms with Crippen molar-refractivity contribution >= 4 is 11.6 Å². The molecule has 9 nitrogen and oxygen atoms in total. The number of carbonyl (C=O) groups is 2. The molecule has 2 unspecified atom stereocenters. The largest absolute Gasteiger partial charge is 0.388 e. The second kappa shape index (κ2) is 9.36. The normalized spacial score (nSPS) is 56.5. The number of rotatable bonds is 4. The highest BCUT2D eigenvalue weighted by atomic mass is 16.7. The van der Waals surface area contributed by atoms with Crippen molar-refractivity contribution in [2.24, 2.45) is 44.8 Å². The summed E-state index contributed by atoms with van der Waals surface area (Å²) in [6.07, 6.45) is 1.03. The van der Waals surface area contributed by atoms with Crippen LogP contribution in [0.4, 0.5) is 0 Å². The highest BCUT2D eigenvalue weighted by Crippen LogP contribution is 2.89. The summed E-state index contributed by atoms with van der Waals surface area (Å²) in [7, 11) is 0. The minimum Gasteiger partial charge on any atom is -0.388 e. The molecule has 5 saturated carbocycles. The third kappa shape index (κ3) is 3.84. The summed E-state index contributed by atoms with van der Waals surface area (Å²) in [5.74, 6) is 0.303. The summed E-state index contributed by atoms with van der Waals surface area (Å²) in [4.78, 5) is 27.8. The van der Waals surface area contributed by atoms with Crippen LogP contribution in [0, 0.1) is 44.8 Å². The van der Waals surface area contributed by atoms with E-state index in [1.165, 1.54) is 0 Å². The number of Topliss-reactive ketones (excluding diaryl/α,β-unsaturated/α-hetero) is 2. The molecular formula is C35H54O9. The fourth-order valence-corrected chi connectivity index (χ4v) is 12.8. The fourth-order valence-electron chi connectivity index (χ4n) is 12.8. The van der Waals surface area contributed by atoms with Crippen molar-refractivity contribution in [1.29, 1.82) is 0 Å². The molecule has 5 aliphatic carbocycles. The lowest BCUT2D eigenvalue weighted by atomic mass is 9.41. The molecule has 0 radical (unpaired) electrons. The Bertz CT molecular complexity index is 1240.